The Kier molecular flexibility index (Phi) is 4.76. The highest BCUT2D eigenvalue weighted by Gasteiger charge is 2.21. The molecule has 6 heteroatoms. The molecule has 0 saturated heterocycles. The van der Waals surface area contributed by atoms with Gasteiger partial charge in [0.1, 0.15) is 10.2 Å². The van der Waals surface area contributed by atoms with Gasteiger partial charge in [0, 0.05) is 24.6 Å². The Morgan fingerprint density at radius 2 is 2.32 bits per heavy atom. The van der Waals surface area contributed by atoms with Crippen LogP contribution in [0.25, 0.3) is 0 Å². The second-order valence-corrected chi connectivity index (χ2v) is 5.74. The molecular weight excluding hydrogens is 312 g/mol. The van der Waals surface area contributed by atoms with E-state index in [0.29, 0.717) is 28.8 Å². The molecule has 0 radical (unpaired) electrons. The molecule has 5 nitrogen and oxygen atoms in total. The molecule has 1 aliphatic carbocycles. The van der Waals surface area contributed by atoms with E-state index in [1.807, 2.05) is 0 Å². The Labute approximate surface area is 120 Å². The molecular formula is C13H17BrN2O3. The van der Waals surface area contributed by atoms with E-state index in [1.165, 1.54) is 18.9 Å². The summed E-state index contributed by atoms with van der Waals surface area (Å²) in [7, 11) is 0. The Morgan fingerprint density at radius 1 is 1.58 bits per heavy atom. The summed E-state index contributed by atoms with van der Waals surface area (Å²) in [6.45, 7) is 3.55. The highest BCUT2D eigenvalue weighted by atomic mass is 79.9. The number of nitro benzene ring substituents is 1. The van der Waals surface area contributed by atoms with E-state index in [9.17, 15) is 10.1 Å². The molecule has 1 fully saturated rings. The van der Waals surface area contributed by atoms with Gasteiger partial charge in [0.05, 0.1) is 11.5 Å². The summed E-state index contributed by atoms with van der Waals surface area (Å²) in [5, 5.41) is 14.2. The fourth-order valence-corrected chi connectivity index (χ4v) is 2.22. The monoisotopic (exact) mass is 328 g/mol. The van der Waals surface area contributed by atoms with Crippen LogP contribution in [-0.2, 0) is 0 Å². The van der Waals surface area contributed by atoms with Gasteiger partial charge in [0.25, 0.3) is 5.69 Å². The minimum Gasteiger partial charge on any atom is -0.492 e. The van der Waals surface area contributed by atoms with Gasteiger partial charge in [-0.2, -0.15) is 0 Å². The van der Waals surface area contributed by atoms with Gasteiger partial charge in [-0.05, 0) is 34.8 Å². The van der Waals surface area contributed by atoms with E-state index in [0.717, 1.165) is 6.54 Å². The van der Waals surface area contributed by atoms with E-state index >= 15 is 0 Å². The molecule has 0 aliphatic heterocycles. The number of nitro groups is 1. The number of halogens is 1. The summed E-state index contributed by atoms with van der Waals surface area (Å²) in [6, 6.07) is 5.50. The van der Waals surface area contributed by atoms with Crippen molar-refractivity contribution in [2.24, 2.45) is 5.92 Å². The minimum atomic E-state index is -0.422. The maximum Gasteiger partial charge on any atom is 0.287 e. The molecule has 1 saturated carbocycles. The zero-order valence-electron chi connectivity index (χ0n) is 10.8. The van der Waals surface area contributed by atoms with Crippen molar-refractivity contribution >= 4 is 21.6 Å². The van der Waals surface area contributed by atoms with E-state index in [2.05, 4.69) is 28.2 Å². The van der Waals surface area contributed by atoms with Gasteiger partial charge in [0.15, 0.2) is 0 Å². The smallest absolute Gasteiger partial charge is 0.287 e. The van der Waals surface area contributed by atoms with Crippen molar-refractivity contribution in [3.05, 3.63) is 32.8 Å². The van der Waals surface area contributed by atoms with E-state index < -0.39 is 4.92 Å². The Hall–Kier alpha value is -1.14. The molecule has 0 heterocycles. The summed E-state index contributed by atoms with van der Waals surface area (Å²) >= 11 is 3.22. The maximum atomic E-state index is 10.8. The molecule has 1 aliphatic rings. The van der Waals surface area contributed by atoms with Crippen LogP contribution < -0.4 is 10.1 Å². The summed E-state index contributed by atoms with van der Waals surface area (Å²) in [4.78, 5) is 10.4. The molecule has 1 unspecified atom stereocenters. The van der Waals surface area contributed by atoms with Gasteiger partial charge in [-0.1, -0.05) is 13.0 Å². The molecule has 0 bridgehead atoms. The van der Waals surface area contributed by atoms with E-state index in [-0.39, 0.29) is 5.69 Å². The number of ether oxygens (including phenoxy) is 1. The third-order valence-electron chi connectivity index (χ3n) is 3.00. The Bertz CT molecular complexity index is 463. The first-order chi connectivity index (χ1) is 9.08. The zero-order valence-corrected chi connectivity index (χ0v) is 12.4. The van der Waals surface area contributed by atoms with Crippen LogP contribution >= 0.6 is 15.9 Å². The highest BCUT2D eigenvalue weighted by Crippen LogP contribution is 2.33. The predicted molar refractivity (Wildman–Crippen MR) is 76.5 cm³/mol. The molecule has 104 valence electrons. The predicted octanol–water partition coefficient (Wildman–Crippen LogP) is 3.12. The summed E-state index contributed by atoms with van der Waals surface area (Å²) in [5.74, 6) is 0.888. The molecule has 1 aromatic carbocycles. The van der Waals surface area contributed by atoms with Crippen molar-refractivity contribution in [3.8, 4) is 5.75 Å². The van der Waals surface area contributed by atoms with Crippen molar-refractivity contribution in [1.82, 2.24) is 5.32 Å². The van der Waals surface area contributed by atoms with Crippen LogP contribution in [0.1, 0.15) is 19.8 Å². The van der Waals surface area contributed by atoms with Crippen LogP contribution in [0, 0.1) is 16.0 Å². The van der Waals surface area contributed by atoms with Crippen LogP contribution in [0.5, 0.6) is 5.75 Å². The fraction of sp³-hybridized carbons (Fsp3) is 0.538. The number of benzene rings is 1. The summed E-state index contributed by atoms with van der Waals surface area (Å²) in [6.07, 6.45) is 2.54. The van der Waals surface area contributed by atoms with Gasteiger partial charge < -0.3 is 10.1 Å². The van der Waals surface area contributed by atoms with Crippen LogP contribution in [-0.4, -0.2) is 24.1 Å². The second-order valence-electron chi connectivity index (χ2n) is 4.95. The Morgan fingerprint density at radius 3 is 2.95 bits per heavy atom. The van der Waals surface area contributed by atoms with Crippen molar-refractivity contribution < 1.29 is 9.66 Å². The topological polar surface area (TPSA) is 64.4 Å². The fourth-order valence-electron chi connectivity index (χ4n) is 1.70. The van der Waals surface area contributed by atoms with Crippen LogP contribution in [0.15, 0.2) is 22.7 Å². The lowest BCUT2D eigenvalue weighted by atomic mass is 10.2. The Balaban J connectivity index is 1.87. The zero-order chi connectivity index (χ0) is 13.8. The summed E-state index contributed by atoms with van der Waals surface area (Å²) in [5.41, 5.74) is 0.0289. The minimum absolute atomic E-state index is 0.0289. The van der Waals surface area contributed by atoms with Crippen molar-refractivity contribution in [2.75, 3.05) is 13.2 Å². The largest absolute Gasteiger partial charge is 0.492 e. The maximum absolute atomic E-state index is 10.8. The molecule has 19 heavy (non-hydrogen) atoms. The quantitative estimate of drug-likeness (QED) is 0.617. The summed E-state index contributed by atoms with van der Waals surface area (Å²) < 4.78 is 6.06. The lowest BCUT2D eigenvalue weighted by Gasteiger charge is -2.14. The van der Waals surface area contributed by atoms with Crippen LogP contribution in [0.3, 0.4) is 0 Å². The van der Waals surface area contributed by atoms with E-state index in [1.54, 1.807) is 12.1 Å². The first kappa shape index (κ1) is 14.3. The average Bonchev–Trinajstić information content (AvgIpc) is 3.18. The third kappa shape index (κ3) is 4.18. The van der Waals surface area contributed by atoms with Crippen LogP contribution in [0.2, 0.25) is 0 Å². The molecule has 1 N–H and O–H groups in total. The lowest BCUT2D eigenvalue weighted by Crippen LogP contribution is -2.26. The van der Waals surface area contributed by atoms with Gasteiger partial charge in [0.2, 0.25) is 0 Å². The third-order valence-corrected chi connectivity index (χ3v) is 3.79. The van der Waals surface area contributed by atoms with Crippen molar-refractivity contribution in [1.29, 1.82) is 0 Å². The SMILES string of the molecule is CC(CNC1CC1)COc1cccc([N+](=O)[O-])c1Br. The highest BCUT2D eigenvalue weighted by molar-refractivity contribution is 9.10. The normalized spacial score (nSPS) is 16.1. The molecule has 1 atom stereocenters. The molecule has 0 spiro atoms. The van der Waals surface area contributed by atoms with Gasteiger partial charge >= 0.3 is 0 Å². The molecule has 1 aromatic rings. The second kappa shape index (κ2) is 6.34. The van der Waals surface area contributed by atoms with Gasteiger partial charge in [-0.15, -0.1) is 0 Å². The molecule has 0 aromatic heterocycles. The molecule has 0 amide bonds. The lowest BCUT2D eigenvalue weighted by molar-refractivity contribution is -0.385. The first-order valence-electron chi connectivity index (χ1n) is 6.37. The number of rotatable bonds is 7. The first-order valence-corrected chi connectivity index (χ1v) is 7.16. The van der Waals surface area contributed by atoms with Crippen molar-refractivity contribution in [2.45, 2.75) is 25.8 Å². The van der Waals surface area contributed by atoms with E-state index in [4.69, 9.17) is 4.74 Å². The number of hydrogen-bond donors (Lipinski definition) is 1. The standard InChI is InChI=1S/C13H17BrN2O3/c1-9(7-15-10-5-6-10)8-19-12-4-2-3-11(13(12)14)16(17)18/h2-4,9-10,15H,5-8H2,1H3. The van der Waals surface area contributed by atoms with Crippen LogP contribution in [0.4, 0.5) is 5.69 Å². The number of hydrogen-bond acceptors (Lipinski definition) is 4. The van der Waals surface area contributed by atoms with Crippen molar-refractivity contribution in [3.63, 3.8) is 0 Å². The molecule has 2 rings (SSSR count). The van der Waals surface area contributed by atoms with Gasteiger partial charge in [-0.3, -0.25) is 10.1 Å². The van der Waals surface area contributed by atoms with Gasteiger partial charge in [-0.25, -0.2) is 0 Å². The average molecular weight is 329 g/mol. The number of nitrogens with zero attached hydrogens (tertiary/aromatic N) is 1. The number of nitrogens with one attached hydrogen (secondary N) is 1.